The molecule has 2 atom stereocenters. The number of Topliss-reactive ketones (excluding diaryl/α,β-unsaturated/α-hetero) is 1. The number of carbonyl (C=O) groups is 3. The van der Waals surface area contributed by atoms with Crippen LogP contribution in [0.25, 0.3) is 0 Å². The van der Waals surface area contributed by atoms with Gasteiger partial charge in [0.15, 0.2) is 5.78 Å². The van der Waals surface area contributed by atoms with Crippen LogP contribution < -0.4 is 0 Å². The van der Waals surface area contributed by atoms with Crippen molar-refractivity contribution in [2.45, 2.75) is 26.3 Å². The van der Waals surface area contributed by atoms with E-state index >= 15 is 0 Å². The van der Waals surface area contributed by atoms with Gasteiger partial charge in [-0.25, -0.2) is 4.79 Å². The normalized spacial score (nSPS) is 25.9. The molecule has 0 aliphatic carbocycles. The number of ketones is 1. The van der Waals surface area contributed by atoms with Gasteiger partial charge in [0.2, 0.25) is 5.91 Å². The lowest BCUT2D eigenvalue weighted by molar-refractivity contribution is -0.153. The molecule has 1 amide bonds. The van der Waals surface area contributed by atoms with Crippen LogP contribution in [0.1, 0.15) is 20.3 Å². The van der Waals surface area contributed by atoms with E-state index in [0.29, 0.717) is 13.0 Å². The number of rotatable bonds is 4. The van der Waals surface area contributed by atoms with Gasteiger partial charge >= 0.3 is 5.97 Å². The average molecular weight is 306 g/mol. The molecular weight excluding hydrogens is 290 g/mol. The highest BCUT2D eigenvalue weighted by molar-refractivity contribution is 9.09. The highest BCUT2D eigenvalue weighted by atomic mass is 79.9. The number of nitrogens with zero attached hydrogens (tertiary/aromatic N) is 1. The van der Waals surface area contributed by atoms with Crippen molar-refractivity contribution >= 4 is 33.6 Å². The molecule has 1 fully saturated rings. The predicted molar refractivity (Wildman–Crippen MR) is 64.7 cm³/mol. The zero-order chi connectivity index (χ0) is 13.2. The van der Waals surface area contributed by atoms with Crippen LogP contribution in [0.2, 0.25) is 0 Å². The Bertz CT molecular complexity index is 357. The van der Waals surface area contributed by atoms with E-state index in [9.17, 15) is 14.4 Å². The van der Waals surface area contributed by atoms with Crippen molar-refractivity contribution in [3.8, 4) is 0 Å². The van der Waals surface area contributed by atoms with Gasteiger partial charge in [0.1, 0.15) is 11.5 Å². The molecule has 1 aliphatic rings. The van der Waals surface area contributed by atoms with E-state index in [1.807, 2.05) is 0 Å². The fourth-order valence-electron chi connectivity index (χ4n) is 1.94. The van der Waals surface area contributed by atoms with Gasteiger partial charge in [-0.15, -0.1) is 0 Å². The number of likely N-dealkylation sites (tertiary alicyclic amines) is 1. The molecule has 0 saturated carbocycles. The van der Waals surface area contributed by atoms with Gasteiger partial charge in [-0.2, -0.15) is 0 Å². The summed E-state index contributed by atoms with van der Waals surface area (Å²) in [5, 5.41) is 0.148. The fourth-order valence-corrected chi connectivity index (χ4v) is 2.56. The Labute approximate surface area is 109 Å². The zero-order valence-corrected chi connectivity index (χ0v) is 11.7. The summed E-state index contributed by atoms with van der Waals surface area (Å²) in [6, 6.07) is -0.641. The fraction of sp³-hybridized carbons (Fsp3) is 0.727. The molecule has 5 nitrogen and oxygen atoms in total. The first-order valence-electron chi connectivity index (χ1n) is 5.36. The van der Waals surface area contributed by atoms with Crippen LogP contribution >= 0.6 is 15.9 Å². The molecule has 1 rings (SSSR count). The minimum atomic E-state index is -1.01. The Morgan fingerprint density at radius 2 is 2.18 bits per heavy atom. The summed E-state index contributed by atoms with van der Waals surface area (Å²) in [7, 11) is 1.28. The summed E-state index contributed by atoms with van der Waals surface area (Å²) < 4.78 is 4.60. The molecule has 6 heteroatoms. The zero-order valence-electron chi connectivity index (χ0n) is 10.2. The van der Waals surface area contributed by atoms with Gasteiger partial charge in [0, 0.05) is 6.54 Å². The quantitative estimate of drug-likeness (QED) is 0.437. The summed E-state index contributed by atoms with van der Waals surface area (Å²) in [5.41, 5.74) is -1.01. The van der Waals surface area contributed by atoms with Crippen LogP contribution in [0.4, 0.5) is 0 Å². The molecule has 1 heterocycles. The summed E-state index contributed by atoms with van der Waals surface area (Å²) in [6.45, 7) is 3.64. The smallest absolute Gasteiger partial charge is 0.328 e. The summed E-state index contributed by atoms with van der Waals surface area (Å²) in [6.07, 6.45) is 0.442. The van der Waals surface area contributed by atoms with Gasteiger partial charge in [-0.3, -0.25) is 9.59 Å². The van der Waals surface area contributed by atoms with E-state index in [2.05, 4.69) is 20.7 Å². The van der Waals surface area contributed by atoms with E-state index in [1.165, 1.54) is 12.0 Å². The largest absolute Gasteiger partial charge is 0.467 e. The van der Waals surface area contributed by atoms with Gasteiger partial charge in [0.05, 0.1) is 12.4 Å². The highest BCUT2D eigenvalue weighted by Gasteiger charge is 2.49. The van der Waals surface area contributed by atoms with E-state index in [4.69, 9.17) is 0 Å². The summed E-state index contributed by atoms with van der Waals surface area (Å²) >= 11 is 3.08. The van der Waals surface area contributed by atoms with Crippen molar-refractivity contribution < 1.29 is 19.1 Å². The maximum atomic E-state index is 12.2. The molecule has 2 unspecified atom stereocenters. The van der Waals surface area contributed by atoms with Crippen LogP contribution in [0.5, 0.6) is 0 Å². The maximum absolute atomic E-state index is 12.2. The average Bonchev–Trinajstić information content (AvgIpc) is 2.64. The van der Waals surface area contributed by atoms with Crippen LogP contribution in [-0.4, -0.2) is 47.6 Å². The van der Waals surface area contributed by atoms with E-state index in [1.54, 1.807) is 13.8 Å². The number of ether oxygens (including phenoxy) is 1. The van der Waals surface area contributed by atoms with Gasteiger partial charge < -0.3 is 9.64 Å². The first-order chi connectivity index (χ1) is 7.88. The molecule has 96 valence electrons. The molecular formula is C11H16BrNO4. The third-order valence-electron chi connectivity index (χ3n) is 3.33. The second kappa shape index (κ2) is 5.16. The molecule has 17 heavy (non-hydrogen) atoms. The topological polar surface area (TPSA) is 63.7 Å². The third-order valence-corrected chi connectivity index (χ3v) is 3.84. The molecule has 0 aromatic carbocycles. The van der Waals surface area contributed by atoms with Gasteiger partial charge in [-0.05, 0) is 20.3 Å². The molecule has 0 aromatic heterocycles. The third kappa shape index (κ3) is 2.36. The number of methoxy groups -OCH3 is 1. The van der Waals surface area contributed by atoms with Crippen LogP contribution in [0.15, 0.2) is 0 Å². The van der Waals surface area contributed by atoms with E-state index < -0.39 is 17.4 Å². The molecule has 0 radical (unpaired) electrons. The molecule has 0 N–H and O–H groups in total. The number of amides is 1. The maximum Gasteiger partial charge on any atom is 0.328 e. The van der Waals surface area contributed by atoms with Crippen molar-refractivity contribution in [1.29, 1.82) is 0 Å². The number of hydrogen-bond acceptors (Lipinski definition) is 4. The molecule has 1 saturated heterocycles. The van der Waals surface area contributed by atoms with Crippen molar-refractivity contribution in [2.24, 2.45) is 5.41 Å². The lowest BCUT2D eigenvalue weighted by Crippen LogP contribution is -2.45. The molecule has 1 aliphatic heterocycles. The number of hydrogen-bond donors (Lipinski definition) is 0. The minimum Gasteiger partial charge on any atom is -0.467 e. The van der Waals surface area contributed by atoms with Gasteiger partial charge in [-0.1, -0.05) is 15.9 Å². The van der Waals surface area contributed by atoms with Crippen molar-refractivity contribution in [2.75, 3.05) is 19.0 Å². The van der Waals surface area contributed by atoms with E-state index in [0.717, 1.165) is 0 Å². The Hall–Kier alpha value is -0.910. The second-order valence-electron chi connectivity index (χ2n) is 4.34. The summed E-state index contributed by atoms with van der Waals surface area (Å²) in [4.78, 5) is 36.7. The molecule has 0 aromatic rings. The number of carbonyl (C=O) groups excluding carboxylic acids is 3. The molecule has 0 spiro atoms. The van der Waals surface area contributed by atoms with Crippen molar-refractivity contribution in [1.82, 2.24) is 4.90 Å². The van der Waals surface area contributed by atoms with E-state index in [-0.39, 0.29) is 17.0 Å². The Balaban J connectivity index is 2.87. The standard InChI is InChI=1S/C11H16BrNO4/c1-7(9(15)17-3)13-5-4-11(2,10(13)16)8(14)6-12/h7H,4-6H2,1-3H3. The number of halogens is 1. The second-order valence-corrected chi connectivity index (χ2v) is 4.90. The molecule has 0 bridgehead atoms. The predicted octanol–water partition coefficient (Wildman–Crippen LogP) is 0.750. The SMILES string of the molecule is COC(=O)C(C)N1CCC(C)(C(=O)CBr)C1=O. The van der Waals surface area contributed by atoms with Crippen molar-refractivity contribution in [3.63, 3.8) is 0 Å². The van der Waals surface area contributed by atoms with Crippen LogP contribution in [-0.2, 0) is 19.1 Å². The first kappa shape index (κ1) is 14.2. The Morgan fingerprint density at radius 3 is 2.65 bits per heavy atom. The monoisotopic (exact) mass is 305 g/mol. The van der Waals surface area contributed by atoms with Crippen molar-refractivity contribution in [3.05, 3.63) is 0 Å². The lowest BCUT2D eigenvalue weighted by atomic mass is 9.85. The highest BCUT2D eigenvalue weighted by Crippen LogP contribution is 2.34. The minimum absolute atomic E-state index is 0.148. The lowest BCUT2D eigenvalue weighted by Gasteiger charge is -2.25. The number of esters is 1. The number of alkyl halides is 1. The Kier molecular flexibility index (Phi) is 4.30. The van der Waals surface area contributed by atoms with Gasteiger partial charge in [0.25, 0.3) is 0 Å². The van der Waals surface area contributed by atoms with Crippen LogP contribution in [0.3, 0.4) is 0 Å². The van der Waals surface area contributed by atoms with Crippen LogP contribution in [0, 0.1) is 5.41 Å². The Morgan fingerprint density at radius 1 is 1.59 bits per heavy atom. The first-order valence-corrected chi connectivity index (χ1v) is 6.48. The summed E-state index contributed by atoms with van der Waals surface area (Å²) in [5.74, 6) is -0.907.